The molecule has 2 heterocycles. The number of nitrogens with zero attached hydrogens (tertiary/aromatic N) is 3. The molecule has 1 N–H and O–H groups in total. The summed E-state index contributed by atoms with van der Waals surface area (Å²) in [5, 5.41) is 10.9. The second-order valence-electron chi connectivity index (χ2n) is 6.85. The van der Waals surface area contributed by atoms with Crippen LogP contribution < -0.4 is 0 Å². The first-order valence-corrected chi connectivity index (χ1v) is 9.08. The Labute approximate surface area is 149 Å². The van der Waals surface area contributed by atoms with E-state index in [0.29, 0.717) is 0 Å². The van der Waals surface area contributed by atoms with E-state index in [1.54, 1.807) is 0 Å². The van der Waals surface area contributed by atoms with E-state index >= 15 is 0 Å². The minimum atomic E-state index is 0.263. The minimum Gasteiger partial charge on any atom is -0.395 e. The molecule has 0 unspecified atom stereocenters. The number of pyridine rings is 1. The van der Waals surface area contributed by atoms with Crippen LogP contribution in [-0.4, -0.2) is 59.7 Å². The lowest BCUT2D eigenvalue weighted by molar-refractivity contribution is 0.129. The summed E-state index contributed by atoms with van der Waals surface area (Å²) in [5.74, 6) is 0.725. The lowest BCUT2D eigenvalue weighted by Crippen LogP contribution is -2.38. The van der Waals surface area contributed by atoms with Crippen LogP contribution in [0.15, 0.2) is 30.5 Å². The van der Waals surface area contributed by atoms with E-state index in [9.17, 15) is 0 Å². The van der Waals surface area contributed by atoms with Crippen LogP contribution in [0.5, 0.6) is 0 Å². The Morgan fingerprint density at radius 2 is 2.12 bits per heavy atom. The van der Waals surface area contributed by atoms with Gasteiger partial charge in [0.05, 0.1) is 12.1 Å². The summed E-state index contributed by atoms with van der Waals surface area (Å²) in [4.78, 5) is 9.27. The highest BCUT2D eigenvalue weighted by Crippen LogP contribution is 2.24. The highest BCUT2D eigenvalue weighted by Gasteiger charge is 2.20. The number of aliphatic hydroxyl groups excluding tert-OH is 1. The molecule has 0 spiro atoms. The lowest BCUT2D eigenvalue weighted by Gasteiger charge is -2.33. The molecule has 3 rings (SSSR count). The third-order valence-corrected chi connectivity index (χ3v) is 5.10. The predicted octanol–water partition coefficient (Wildman–Crippen LogP) is 3.02. The fourth-order valence-electron chi connectivity index (χ4n) is 3.68. The van der Waals surface area contributed by atoms with Crippen LogP contribution in [0.4, 0.5) is 0 Å². The zero-order valence-corrected chi connectivity index (χ0v) is 15.0. The lowest BCUT2D eigenvalue weighted by atomic mass is 9.96. The molecule has 1 aliphatic heterocycles. The van der Waals surface area contributed by atoms with Crippen LogP contribution in [-0.2, 0) is 6.54 Å². The molecule has 130 valence electrons. The molecule has 1 fully saturated rings. The number of β-amino-alcohol motifs (C(OH)–C–C–N with tert-alkyl or cyclic N) is 1. The zero-order valence-electron chi connectivity index (χ0n) is 14.3. The molecular formula is C19H26ClN3O. The molecule has 2 aromatic rings. The molecule has 1 aliphatic rings. The van der Waals surface area contributed by atoms with Gasteiger partial charge in [-0.1, -0.05) is 17.7 Å². The second-order valence-corrected chi connectivity index (χ2v) is 7.28. The Hall–Kier alpha value is -1.20. The number of likely N-dealkylation sites (tertiary alicyclic amines) is 1. The fourth-order valence-corrected chi connectivity index (χ4v) is 3.93. The summed E-state index contributed by atoms with van der Waals surface area (Å²) in [6, 6.07) is 8.03. The number of benzene rings is 1. The van der Waals surface area contributed by atoms with Crippen molar-refractivity contribution < 1.29 is 5.11 Å². The molecule has 1 aromatic carbocycles. The summed E-state index contributed by atoms with van der Waals surface area (Å²) in [7, 11) is 2.18. The van der Waals surface area contributed by atoms with Crippen LogP contribution in [0, 0.1) is 5.92 Å². The van der Waals surface area contributed by atoms with Gasteiger partial charge in [0, 0.05) is 36.2 Å². The molecule has 0 radical (unpaired) electrons. The Morgan fingerprint density at radius 1 is 1.33 bits per heavy atom. The third kappa shape index (κ3) is 4.45. The normalized spacial score (nSPS) is 17.0. The standard InChI is InChI=1S/C19H26ClN3O/c1-22(13-15-4-7-23(8-5-15)9-10-24)14-17-12-18(20)11-16-3-2-6-21-19(16)17/h2-3,6,11-12,15,24H,4-5,7-10,13-14H2,1H3. The first kappa shape index (κ1) is 17.6. The van der Waals surface area contributed by atoms with Crippen LogP contribution in [0.25, 0.3) is 10.9 Å². The van der Waals surface area contributed by atoms with Gasteiger partial charge < -0.3 is 14.9 Å². The van der Waals surface area contributed by atoms with Crippen LogP contribution in [0.2, 0.25) is 5.02 Å². The topological polar surface area (TPSA) is 39.6 Å². The summed E-state index contributed by atoms with van der Waals surface area (Å²) in [5.41, 5.74) is 2.24. The third-order valence-electron chi connectivity index (χ3n) is 4.88. The van der Waals surface area contributed by atoms with Crippen molar-refractivity contribution in [3.05, 3.63) is 41.0 Å². The number of piperidine rings is 1. The molecule has 0 amide bonds. The number of fused-ring (bicyclic) bond motifs is 1. The van der Waals surface area contributed by atoms with Crippen LogP contribution in [0.1, 0.15) is 18.4 Å². The van der Waals surface area contributed by atoms with E-state index in [0.717, 1.165) is 54.6 Å². The van der Waals surface area contributed by atoms with E-state index in [1.165, 1.54) is 18.4 Å². The Bertz CT molecular complexity index is 671. The number of aliphatic hydroxyl groups is 1. The Morgan fingerprint density at radius 3 is 2.88 bits per heavy atom. The number of hydrogen-bond donors (Lipinski definition) is 1. The van der Waals surface area contributed by atoms with Gasteiger partial charge in [0.1, 0.15) is 0 Å². The molecule has 0 aliphatic carbocycles. The first-order chi connectivity index (χ1) is 11.7. The van der Waals surface area contributed by atoms with Crippen molar-refractivity contribution >= 4 is 22.5 Å². The summed E-state index contributed by atoms with van der Waals surface area (Å²) < 4.78 is 0. The van der Waals surface area contributed by atoms with Crippen molar-refractivity contribution in [2.75, 3.05) is 39.8 Å². The molecule has 4 nitrogen and oxygen atoms in total. The molecule has 0 saturated carbocycles. The van der Waals surface area contributed by atoms with Crippen molar-refractivity contribution in [3.8, 4) is 0 Å². The SMILES string of the molecule is CN(Cc1cc(Cl)cc2cccnc12)CC1CCN(CCO)CC1. The van der Waals surface area contributed by atoms with Crippen molar-refractivity contribution in [1.82, 2.24) is 14.8 Å². The monoisotopic (exact) mass is 347 g/mol. The number of halogens is 1. The molecule has 1 aromatic heterocycles. The summed E-state index contributed by atoms with van der Waals surface area (Å²) >= 11 is 6.27. The Kier molecular flexibility index (Phi) is 6.06. The van der Waals surface area contributed by atoms with E-state index in [1.807, 2.05) is 24.4 Å². The highest BCUT2D eigenvalue weighted by atomic mass is 35.5. The van der Waals surface area contributed by atoms with Crippen molar-refractivity contribution in [2.45, 2.75) is 19.4 Å². The number of aromatic nitrogens is 1. The van der Waals surface area contributed by atoms with Gasteiger partial charge in [0.15, 0.2) is 0 Å². The van der Waals surface area contributed by atoms with Crippen LogP contribution >= 0.6 is 11.6 Å². The molecule has 0 bridgehead atoms. The van der Waals surface area contributed by atoms with E-state index in [4.69, 9.17) is 16.7 Å². The molecule has 0 atom stereocenters. The Balaban J connectivity index is 1.60. The maximum atomic E-state index is 9.04. The van der Waals surface area contributed by atoms with Crippen molar-refractivity contribution in [3.63, 3.8) is 0 Å². The van der Waals surface area contributed by atoms with Gasteiger partial charge in [-0.05, 0) is 62.7 Å². The maximum Gasteiger partial charge on any atom is 0.0747 e. The number of hydrogen-bond acceptors (Lipinski definition) is 4. The molecule has 1 saturated heterocycles. The smallest absolute Gasteiger partial charge is 0.0747 e. The molecule has 5 heteroatoms. The maximum absolute atomic E-state index is 9.04. The second kappa shape index (κ2) is 8.26. The van der Waals surface area contributed by atoms with Gasteiger partial charge >= 0.3 is 0 Å². The van der Waals surface area contributed by atoms with Crippen LogP contribution in [0.3, 0.4) is 0 Å². The largest absolute Gasteiger partial charge is 0.395 e. The molecule has 24 heavy (non-hydrogen) atoms. The summed E-state index contributed by atoms with van der Waals surface area (Å²) in [6.45, 7) is 5.22. The van der Waals surface area contributed by atoms with E-state index < -0.39 is 0 Å². The van der Waals surface area contributed by atoms with Gasteiger partial charge in [-0.3, -0.25) is 4.98 Å². The van der Waals surface area contributed by atoms with Crippen molar-refractivity contribution in [1.29, 1.82) is 0 Å². The van der Waals surface area contributed by atoms with Gasteiger partial charge in [-0.2, -0.15) is 0 Å². The molecular weight excluding hydrogens is 322 g/mol. The minimum absolute atomic E-state index is 0.263. The van der Waals surface area contributed by atoms with Gasteiger partial charge in [-0.15, -0.1) is 0 Å². The van der Waals surface area contributed by atoms with E-state index in [-0.39, 0.29) is 6.61 Å². The quantitative estimate of drug-likeness (QED) is 0.872. The van der Waals surface area contributed by atoms with Crippen molar-refractivity contribution in [2.24, 2.45) is 5.92 Å². The number of rotatable bonds is 6. The average molecular weight is 348 g/mol. The average Bonchev–Trinajstić information content (AvgIpc) is 2.57. The zero-order chi connectivity index (χ0) is 16.9. The summed E-state index contributed by atoms with van der Waals surface area (Å²) in [6.07, 6.45) is 4.26. The van der Waals surface area contributed by atoms with E-state index in [2.05, 4.69) is 27.9 Å². The first-order valence-electron chi connectivity index (χ1n) is 8.70. The van der Waals surface area contributed by atoms with Gasteiger partial charge in [0.2, 0.25) is 0 Å². The predicted molar refractivity (Wildman–Crippen MR) is 99.3 cm³/mol. The van der Waals surface area contributed by atoms with Gasteiger partial charge in [0.25, 0.3) is 0 Å². The van der Waals surface area contributed by atoms with Gasteiger partial charge in [-0.25, -0.2) is 0 Å². The fraction of sp³-hybridized carbons (Fsp3) is 0.526. The highest BCUT2D eigenvalue weighted by molar-refractivity contribution is 6.31.